The Hall–Kier alpha value is -2.48. The molecule has 2 amide bonds. The van der Waals surface area contributed by atoms with Crippen LogP contribution in [0, 0.1) is 0 Å². The van der Waals surface area contributed by atoms with Gasteiger partial charge in [0.2, 0.25) is 0 Å². The molecule has 0 saturated heterocycles. The van der Waals surface area contributed by atoms with Crippen LogP contribution in [0.15, 0.2) is 30.5 Å². The number of urea groups is 1. The van der Waals surface area contributed by atoms with E-state index in [1.165, 1.54) is 18.3 Å². The summed E-state index contributed by atoms with van der Waals surface area (Å²) in [5.41, 5.74) is 0.892. The molecule has 0 aliphatic carbocycles. The van der Waals surface area contributed by atoms with Crippen molar-refractivity contribution in [3.8, 4) is 0 Å². The summed E-state index contributed by atoms with van der Waals surface area (Å²) in [6, 6.07) is 5.98. The maximum atomic E-state index is 11.5. The highest BCUT2D eigenvalue weighted by Crippen LogP contribution is 2.09. The first-order valence-corrected chi connectivity index (χ1v) is 6.07. The third kappa shape index (κ3) is 3.75. The monoisotopic (exact) mass is 278 g/mol. The number of aromatic carboxylic acids is 1. The highest BCUT2D eigenvalue weighted by atomic mass is 32.1. The topological polar surface area (TPSA) is 104 Å². The molecule has 7 nitrogen and oxygen atoms in total. The summed E-state index contributed by atoms with van der Waals surface area (Å²) < 4.78 is 3.61. The van der Waals surface area contributed by atoms with Gasteiger partial charge in [-0.05, 0) is 17.7 Å². The second-order valence-electron chi connectivity index (χ2n) is 3.59. The number of aromatic nitrogens is 2. The number of carboxylic acids is 1. The molecule has 1 aromatic carbocycles. The van der Waals surface area contributed by atoms with Gasteiger partial charge in [-0.3, -0.25) is 5.32 Å². The molecule has 98 valence electrons. The zero-order valence-electron chi connectivity index (χ0n) is 9.66. The molecular weight excluding hydrogens is 268 g/mol. The third-order valence-electron chi connectivity index (χ3n) is 2.23. The molecule has 0 bridgehead atoms. The standard InChI is InChI=1S/C11H10N4O3S/c16-10(17)8-3-1-2-7(4-8)5-12-11(18)14-9-6-13-15-19-9/h1-4,6H,5H2,(H,16,17)(H2,12,14,18). The predicted molar refractivity (Wildman–Crippen MR) is 69.2 cm³/mol. The van der Waals surface area contributed by atoms with Crippen molar-refractivity contribution >= 4 is 28.5 Å². The zero-order chi connectivity index (χ0) is 13.7. The van der Waals surface area contributed by atoms with Crippen LogP contribution in [-0.2, 0) is 6.54 Å². The molecule has 0 unspecified atom stereocenters. The highest BCUT2D eigenvalue weighted by molar-refractivity contribution is 7.10. The summed E-state index contributed by atoms with van der Waals surface area (Å²) in [6.07, 6.45) is 1.44. The first kappa shape index (κ1) is 13.0. The van der Waals surface area contributed by atoms with Gasteiger partial charge in [-0.2, -0.15) is 0 Å². The van der Waals surface area contributed by atoms with E-state index in [-0.39, 0.29) is 12.1 Å². The number of nitrogens with zero attached hydrogens (tertiary/aromatic N) is 2. The van der Waals surface area contributed by atoms with E-state index in [0.717, 1.165) is 11.5 Å². The van der Waals surface area contributed by atoms with Crippen LogP contribution >= 0.6 is 11.5 Å². The molecule has 8 heteroatoms. The number of anilines is 1. The lowest BCUT2D eigenvalue weighted by molar-refractivity contribution is 0.0696. The fraction of sp³-hybridized carbons (Fsp3) is 0.0909. The van der Waals surface area contributed by atoms with Gasteiger partial charge >= 0.3 is 12.0 Å². The molecule has 0 aliphatic heterocycles. The number of benzene rings is 1. The van der Waals surface area contributed by atoms with E-state index in [9.17, 15) is 9.59 Å². The van der Waals surface area contributed by atoms with Crippen LogP contribution in [0.3, 0.4) is 0 Å². The quantitative estimate of drug-likeness (QED) is 0.787. The summed E-state index contributed by atoms with van der Waals surface area (Å²) in [5.74, 6) is -0.998. The first-order chi connectivity index (χ1) is 9.15. The lowest BCUT2D eigenvalue weighted by Gasteiger charge is -2.06. The summed E-state index contributed by atoms with van der Waals surface area (Å²) in [6.45, 7) is 0.235. The number of amides is 2. The molecule has 3 N–H and O–H groups in total. The van der Waals surface area contributed by atoms with E-state index in [1.54, 1.807) is 12.1 Å². The van der Waals surface area contributed by atoms with Crippen LogP contribution in [0.4, 0.5) is 9.80 Å². The Morgan fingerprint density at radius 1 is 1.37 bits per heavy atom. The molecular formula is C11H10N4O3S. The zero-order valence-corrected chi connectivity index (χ0v) is 10.5. The second-order valence-corrected chi connectivity index (χ2v) is 4.38. The Morgan fingerprint density at radius 3 is 2.89 bits per heavy atom. The van der Waals surface area contributed by atoms with Crippen molar-refractivity contribution in [1.82, 2.24) is 14.9 Å². The fourth-order valence-electron chi connectivity index (χ4n) is 1.37. The van der Waals surface area contributed by atoms with Gasteiger partial charge in [0.05, 0.1) is 11.8 Å². The number of carbonyl (C=O) groups excluding carboxylic acids is 1. The highest BCUT2D eigenvalue weighted by Gasteiger charge is 2.05. The van der Waals surface area contributed by atoms with Gasteiger partial charge in [-0.1, -0.05) is 16.6 Å². The minimum absolute atomic E-state index is 0.186. The Bertz CT molecular complexity index is 585. The van der Waals surface area contributed by atoms with Gasteiger partial charge in [0.1, 0.15) is 5.00 Å². The maximum Gasteiger partial charge on any atom is 0.335 e. The number of carboxylic acid groups (broad SMARTS) is 1. The average Bonchev–Trinajstić information content (AvgIpc) is 2.89. The molecule has 19 heavy (non-hydrogen) atoms. The minimum atomic E-state index is -0.998. The lowest BCUT2D eigenvalue weighted by atomic mass is 10.1. The van der Waals surface area contributed by atoms with Crippen molar-refractivity contribution in [3.05, 3.63) is 41.6 Å². The molecule has 1 heterocycles. The maximum absolute atomic E-state index is 11.5. The first-order valence-electron chi connectivity index (χ1n) is 5.29. The molecule has 2 aromatic rings. The molecule has 0 saturated carbocycles. The van der Waals surface area contributed by atoms with Crippen LogP contribution in [0.2, 0.25) is 0 Å². The van der Waals surface area contributed by atoms with Crippen molar-refractivity contribution in [2.24, 2.45) is 0 Å². The van der Waals surface area contributed by atoms with E-state index in [1.807, 2.05) is 0 Å². The molecule has 2 rings (SSSR count). The largest absolute Gasteiger partial charge is 0.478 e. The molecule has 1 aromatic heterocycles. The number of rotatable bonds is 4. The van der Waals surface area contributed by atoms with Crippen molar-refractivity contribution in [2.45, 2.75) is 6.54 Å². The Balaban J connectivity index is 1.89. The molecule has 0 radical (unpaired) electrons. The Kier molecular flexibility index (Phi) is 4.04. The van der Waals surface area contributed by atoms with Crippen molar-refractivity contribution in [1.29, 1.82) is 0 Å². The van der Waals surface area contributed by atoms with Gasteiger partial charge in [-0.15, -0.1) is 5.10 Å². The van der Waals surface area contributed by atoms with Gasteiger partial charge in [0, 0.05) is 18.1 Å². The van der Waals surface area contributed by atoms with Crippen molar-refractivity contribution in [2.75, 3.05) is 5.32 Å². The van der Waals surface area contributed by atoms with Gasteiger partial charge in [0.15, 0.2) is 0 Å². The molecule has 0 fully saturated rings. The minimum Gasteiger partial charge on any atom is -0.478 e. The summed E-state index contributed by atoms with van der Waals surface area (Å²) in [5, 5.41) is 18.1. The fourth-order valence-corrected chi connectivity index (χ4v) is 1.79. The molecule has 0 atom stereocenters. The molecule has 0 aliphatic rings. The van der Waals surface area contributed by atoms with E-state index < -0.39 is 12.0 Å². The Morgan fingerprint density at radius 2 is 2.21 bits per heavy atom. The lowest BCUT2D eigenvalue weighted by Crippen LogP contribution is -2.27. The van der Waals surface area contributed by atoms with Crippen LogP contribution in [0.25, 0.3) is 0 Å². The average molecular weight is 278 g/mol. The summed E-state index contributed by atoms with van der Waals surface area (Å²) >= 11 is 1.07. The van der Waals surface area contributed by atoms with Crippen LogP contribution in [0.1, 0.15) is 15.9 Å². The van der Waals surface area contributed by atoms with Crippen molar-refractivity contribution in [3.63, 3.8) is 0 Å². The van der Waals surface area contributed by atoms with Crippen LogP contribution < -0.4 is 10.6 Å². The normalized spacial score (nSPS) is 9.89. The van der Waals surface area contributed by atoms with Crippen LogP contribution in [0.5, 0.6) is 0 Å². The van der Waals surface area contributed by atoms with E-state index >= 15 is 0 Å². The van der Waals surface area contributed by atoms with E-state index in [2.05, 4.69) is 20.2 Å². The predicted octanol–water partition coefficient (Wildman–Crippen LogP) is 1.56. The summed E-state index contributed by atoms with van der Waals surface area (Å²) in [4.78, 5) is 22.3. The third-order valence-corrected chi connectivity index (χ3v) is 2.81. The van der Waals surface area contributed by atoms with E-state index in [4.69, 9.17) is 5.11 Å². The van der Waals surface area contributed by atoms with Crippen molar-refractivity contribution < 1.29 is 14.7 Å². The molecule has 0 spiro atoms. The Labute approximate surface area is 112 Å². The SMILES string of the molecule is O=C(NCc1cccc(C(=O)O)c1)Nc1cnns1. The number of hydrogen-bond acceptors (Lipinski definition) is 5. The van der Waals surface area contributed by atoms with Crippen LogP contribution in [-0.4, -0.2) is 26.7 Å². The smallest absolute Gasteiger partial charge is 0.335 e. The van der Waals surface area contributed by atoms with E-state index in [0.29, 0.717) is 10.6 Å². The number of carbonyl (C=O) groups is 2. The number of nitrogens with one attached hydrogen (secondary N) is 2. The second kappa shape index (κ2) is 5.91. The van der Waals surface area contributed by atoms with Gasteiger partial charge in [0.25, 0.3) is 0 Å². The van der Waals surface area contributed by atoms with Gasteiger partial charge in [-0.25, -0.2) is 9.59 Å². The van der Waals surface area contributed by atoms with Gasteiger partial charge < -0.3 is 10.4 Å². The number of hydrogen-bond donors (Lipinski definition) is 3. The summed E-state index contributed by atoms with van der Waals surface area (Å²) in [7, 11) is 0.